The van der Waals surface area contributed by atoms with Gasteiger partial charge in [0, 0.05) is 12.8 Å². The van der Waals surface area contributed by atoms with Crippen molar-refractivity contribution in [1.29, 1.82) is 0 Å². The Labute approximate surface area is 267 Å². The van der Waals surface area contributed by atoms with Crippen molar-refractivity contribution in [3.63, 3.8) is 0 Å². The average molecular weight is 669 g/mol. The van der Waals surface area contributed by atoms with Crippen LogP contribution in [0.1, 0.15) is 117 Å². The predicted molar refractivity (Wildman–Crippen MR) is 166 cm³/mol. The van der Waals surface area contributed by atoms with E-state index in [0.29, 0.717) is 12.8 Å². The van der Waals surface area contributed by atoms with E-state index in [4.69, 9.17) is 18.5 Å². The second-order valence-electron chi connectivity index (χ2n) is 11.7. The maximum atomic E-state index is 12.6. The maximum Gasteiger partial charge on any atom is 0.472 e. The van der Waals surface area contributed by atoms with Gasteiger partial charge in [0.15, 0.2) is 6.10 Å². The molecule has 6 N–H and O–H groups in total. The fraction of sp³-hybridized carbons (Fsp3) is 0.871. The number of hydrogen-bond acceptors (Lipinski definition) is 12. The number of rotatable bonds is 25. The van der Waals surface area contributed by atoms with Gasteiger partial charge >= 0.3 is 19.8 Å². The molecule has 0 saturated heterocycles. The van der Waals surface area contributed by atoms with Gasteiger partial charge in [0.25, 0.3) is 0 Å². The molecular weight excluding hydrogens is 611 g/mol. The Hall–Kier alpha value is -1.41. The lowest BCUT2D eigenvalue weighted by Crippen LogP contribution is -2.64. The number of phosphoric acid groups is 1. The van der Waals surface area contributed by atoms with E-state index in [2.05, 4.69) is 26.0 Å². The third-order valence-corrected chi connectivity index (χ3v) is 8.59. The summed E-state index contributed by atoms with van der Waals surface area (Å²) in [5, 5.41) is 49.6. The summed E-state index contributed by atoms with van der Waals surface area (Å²) in [5.74, 6) is -1.13. The first-order chi connectivity index (χ1) is 21.4. The number of aliphatic hydroxyl groups excluding tert-OH is 5. The lowest BCUT2D eigenvalue weighted by Gasteiger charge is -2.41. The van der Waals surface area contributed by atoms with Gasteiger partial charge in [-0.2, -0.15) is 0 Å². The number of phosphoric ester groups is 1. The van der Waals surface area contributed by atoms with Gasteiger partial charge in [-0.25, -0.2) is 4.57 Å². The molecule has 0 bridgehead atoms. The Bertz CT molecular complexity index is 870. The number of aliphatic hydroxyl groups is 5. The minimum absolute atomic E-state index is 0.0879. The molecule has 0 heterocycles. The van der Waals surface area contributed by atoms with Crippen LogP contribution in [0, 0.1) is 0 Å². The van der Waals surface area contributed by atoms with E-state index < -0.39 is 75.7 Å². The van der Waals surface area contributed by atoms with Crippen molar-refractivity contribution in [2.45, 2.75) is 159 Å². The van der Waals surface area contributed by atoms with Crippen LogP contribution in [0.15, 0.2) is 12.2 Å². The van der Waals surface area contributed by atoms with Crippen molar-refractivity contribution < 1.29 is 63.1 Å². The smallest absolute Gasteiger partial charge is 0.462 e. The molecule has 14 heteroatoms. The normalized spacial score (nSPS) is 25.6. The zero-order chi connectivity index (χ0) is 33.7. The molecule has 6 unspecified atom stereocenters. The van der Waals surface area contributed by atoms with E-state index >= 15 is 0 Å². The molecule has 264 valence electrons. The molecule has 1 aliphatic rings. The number of hydrogen-bond donors (Lipinski definition) is 6. The van der Waals surface area contributed by atoms with Crippen LogP contribution in [-0.4, -0.2) is 98.3 Å². The summed E-state index contributed by atoms with van der Waals surface area (Å²) in [6.07, 6.45) is 5.12. The van der Waals surface area contributed by atoms with Gasteiger partial charge < -0.3 is 39.9 Å². The third-order valence-electron chi connectivity index (χ3n) is 7.61. The first-order valence-electron chi connectivity index (χ1n) is 16.5. The van der Waals surface area contributed by atoms with Gasteiger partial charge in [0.05, 0.1) is 6.61 Å². The molecule has 0 aliphatic heterocycles. The highest BCUT2D eigenvalue weighted by Gasteiger charge is 2.51. The molecule has 1 fully saturated rings. The fourth-order valence-electron chi connectivity index (χ4n) is 4.79. The molecule has 1 saturated carbocycles. The molecule has 13 nitrogen and oxygen atoms in total. The Balaban J connectivity index is 2.61. The minimum atomic E-state index is -5.09. The summed E-state index contributed by atoms with van der Waals surface area (Å²) >= 11 is 0. The molecular formula is C31H57O13P. The van der Waals surface area contributed by atoms with Crippen LogP contribution in [0.2, 0.25) is 0 Å². The highest BCUT2D eigenvalue weighted by molar-refractivity contribution is 7.47. The van der Waals surface area contributed by atoms with Crippen molar-refractivity contribution in [1.82, 2.24) is 0 Å². The van der Waals surface area contributed by atoms with Crippen LogP contribution >= 0.6 is 7.82 Å². The largest absolute Gasteiger partial charge is 0.472 e. The van der Waals surface area contributed by atoms with E-state index in [1.807, 2.05) is 0 Å². The second-order valence-corrected chi connectivity index (χ2v) is 13.1. The van der Waals surface area contributed by atoms with Gasteiger partial charge in [0.2, 0.25) is 0 Å². The maximum absolute atomic E-state index is 12.6. The van der Waals surface area contributed by atoms with Crippen LogP contribution < -0.4 is 0 Å². The zero-order valence-electron chi connectivity index (χ0n) is 26.9. The van der Waals surface area contributed by atoms with Crippen molar-refractivity contribution in [2.75, 3.05) is 13.2 Å². The van der Waals surface area contributed by atoms with Crippen molar-refractivity contribution in [3.8, 4) is 0 Å². The number of unbranched alkanes of at least 4 members (excludes halogenated alkanes) is 11. The zero-order valence-corrected chi connectivity index (χ0v) is 27.8. The third kappa shape index (κ3) is 17.9. The predicted octanol–water partition coefficient (Wildman–Crippen LogP) is 3.60. The molecule has 0 aromatic rings. The summed E-state index contributed by atoms with van der Waals surface area (Å²) in [4.78, 5) is 35.0. The van der Waals surface area contributed by atoms with E-state index in [9.17, 15) is 44.6 Å². The lowest BCUT2D eigenvalue weighted by atomic mass is 9.85. The summed E-state index contributed by atoms with van der Waals surface area (Å²) in [5.41, 5.74) is 0. The number of allylic oxidation sites excluding steroid dienone is 2. The number of carbonyl (C=O) groups is 2. The number of carbonyl (C=O) groups excluding carboxylic acids is 2. The minimum Gasteiger partial charge on any atom is -0.462 e. The van der Waals surface area contributed by atoms with Crippen LogP contribution in [-0.2, 0) is 32.7 Å². The SMILES string of the molecule is CCCC/C=C\CCCCCCCC(=O)OC(COC(=O)CCCCCCC)COP(=O)(O)OC1C(O)C(O)C(O)C(O)C1O. The Morgan fingerprint density at radius 3 is 1.76 bits per heavy atom. The van der Waals surface area contributed by atoms with Crippen LogP contribution in [0.25, 0.3) is 0 Å². The Morgan fingerprint density at radius 2 is 1.16 bits per heavy atom. The molecule has 45 heavy (non-hydrogen) atoms. The number of ether oxygens (including phenoxy) is 2. The number of esters is 2. The van der Waals surface area contributed by atoms with Crippen LogP contribution in [0.5, 0.6) is 0 Å². The molecule has 1 aliphatic carbocycles. The van der Waals surface area contributed by atoms with Gasteiger partial charge in [-0.3, -0.25) is 18.6 Å². The van der Waals surface area contributed by atoms with E-state index in [1.165, 1.54) is 12.8 Å². The van der Waals surface area contributed by atoms with Crippen molar-refractivity contribution >= 4 is 19.8 Å². The van der Waals surface area contributed by atoms with Gasteiger partial charge in [0.1, 0.15) is 43.2 Å². The van der Waals surface area contributed by atoms with Gasteiger partial charge in [-0.05, 0) is 32.1 Å². The van der Waals surface area contributed by atoms with E-state index in [0.717, 1.165) is 64.2 Å². The first kappa shape index (κ1) is 41.6. The van der Waals surface area contributed by atoms with Gasteiger partial charge in [-0.15, -0.1) is 0 Å². The summed E-state index contributed by atoms with van der Waals surface area (Å²) in [7, 11) is -5.09. The molecule has 1 rings (SSSR count). The van der Waals surface area contributed by atoms with E-state index in [1.54, 1.807) is 0 Å². The molecule has 0 aromatic carbocycles. The highest BCUT2D eigenvalue weighted by Crippen LogP contribution is 2.47. The molecule has 6 atom stereocenters. The lowest BCUT2D eigenvalue weighted by molar-refractivity contribution is -0.220. The van der Waals surface area contributed by atoms with Crippen LogP contribution in [0.3, 0.4) is 0 Å². The molecule has 0 aromatic heterocycles. The standard InChI is InChI=1S/C31H57O13P/c1-3-5-7-9-10-11-12-13-14-16-18-20-25(33)43-23(21-41-24(32)19-17-15-8-6-4-2)22-42-45(39,40)44-31-29(37)27(35)26(34)28(36)30(31)38/h9-10,23,26-31,34-38H,3-8,11-22H2,1-2H3,(H,39,40)/b10-9-. The Morgan fingerprint density at radius 1 is 0.667 bits per heavy atom. The van der Waals surface area contributed by atoms with Gasteiger partial charge in [-0.1, -0.05) is 83.8 Å². The van der Waals surface area contributed by atoms with Crippen molar-refractivity contribution in [3.05, 3.63) is 12.2 Å². The quantitative estimate of drug-likeness (QED) is 0.0356. The second kappa shape index (κ2) is 23.8. The monoisotopic (exact) mass is 668 g/mol. The summed E-state index contributed by atoms with van der Waals surface area (Å²) in [6, 6.07) is 0. The highest BCUT2D eigenvalue weighted by atomic mass is 31.2. The van der Waals surface area contributed by atoms with E-state index in [-0.39, 0.29) is 12.8 Å². The molecule has 0 amide bonds. The summed E-state index contributed by atoms with van der Waals surface area (Å²) < 4.78 is 33.0. The average Bonchev–Trinajstić information content (AvgIpc) is 3.01. The molecule has 0 radical (unpaired) electrons. The first-order valence-corrected chi connectivity index (χ1v) is 18.0. The topological polar surface area (TPSA) is 210 Å². The fourth-order valence-corrected chi connectivity index (χ4v) is 5.77. The molecule has 0 spiro atoms. The Kier molecular flexibility index (Phi) is 22.0. The summed E-state index contributed by atoms with van der Waals surface area (Å²) in [6.45, 7) is 3.07. The van der Waals surface area contributed by atoms with Crippen LogP contribution in [0.4, 0.5) is 0 Å². The van der Waals surface area contributed by atoms with Crippen molar-refractivity contribution in [2.24, 2.45) is 0 Å².